The Kier molecular flexibility index (Phi) is 5.95. The fourth-order valence-electron chi connectivity index (χ4n) is 3.96. The molecule has 0 radical (unpaired) electrons. The lowest BCUT2D eigenvalue weighted by Gasteiger charge is -2.42. The lowest BCUT2D eigenvalue weighted by atomic mass is 9.89. The number of β-amino-alcohol motifs (C(OH)–C–C–N with tert-alkyl or cyclic N) is 1. The van der Waals surface area contributed by atoms with Crippen molar-refractivity contribution in [3.63, 3.8) is 0 Å². The largest absolute Gasteiger partial charge is 0.490 e. The van der Waals surface area contributed by atoms with Crippen LogP contribution in [0.4, 0.5) is 28.9 Å². The van der Waals surface area contributed by atoms with Crippen molar-refractivity contribution in [1.29, 1.82) is 0 Å². The number of aliphatic hydroxyl groups excluding tert-OH is 1. The average molecular weight is 475 g/mol. The number of piperidine rings is 1. The Labute approximate surface area is 185 Å². The zero-order chi connectivity index (χ0) is 23.2. The summed E-state index contributed by atoms with van der Waals surface area (Å²) in [5, 5.41) is 23.5. The molecule has 0 spiro atoms. The molecule has 2 aliphatic heterocycles. The van der Waals surface area contributed by atoms with E-state index in [0.29, 0.717) is 0 Å². The monoisotopic (exact) mass is 474 g/mol. The lowest BCUT2D eigenvalue weighted by molar-refractivity contribution is -0.116. The van der Waals surface area contributed by atoms with Gasteiger partial charge in [-0.2, -0.15) is 0 Å². The van der Waals surface area contributed by atoms with Crippen LogP contribution in [-0.4, -0.2) is 47.5 Å². The van der Waals surface area contributed by atoms with Gasteiger partial charge in [0.2, 0.25) is 5.91 Å². The Bertz CT molecular complexity index is 1060. The van der Waals surface area contributed by atoms with E-state index in [0.717, 1.165) is 18.2 Å². The molecule has 6 nitrogen and oxygen atoms in total. The van der Waals surface area contributed by atoms with E-state index < -0.39 is 47.5 Å². The quantitative estimate of drug-likeness (QED) is 0.593. The van der Waals surface area contributed by atoms with Gasteiger partial charge in [-0.05, 0) is 25.0 Å². The molecule has 0 bridgehead atoms. The van der Waals surface area contributed by atoms with Gasteiger partial charge in [-0.3, -0.25) is 4.79 Å². The molecule has 0 unspecified atom stereocenters. The molecule has 2 heterocycles. The van der Waals surface area contributed by atoms with Crippen molar-refractivity contribution in [2.45, 2.75) is 31.0 Å². The number of nitrogens with zero attached hydrogens (tertiary/aromatic N) is 1. The third-order valence-electron chi connectivity index (χ3n) is 5.76. The number of hydrogen-bond acceptors (Lipinski definition) is 5. The number of fused-ring (bicyclic) bond motifs is 1. The van der Waals surface area contributed by atoms with E-state index in [-0.39, 0.29) is 60.1 Å². The Balaban J connectivity index is 1.51. The number of hydrogen-bond donors (Lipinski definition) is 3. The molecule has 1 fully saturated rings. The predicted molar refractivity (Wildman–Crippen MR) is 108 cm³/mol. The van der Waals surface area contributed by atoms with Crippen molar-refractivity contribution >= 4 is 28.9 Å². The van der Waals surface area contributed by atoms with E-state index in [9.17, 15) is 32.6 Å². The highest BCUT2D eigenvalue weighted by atomic mass is 35.5. The molecule has 11 heteroatoms. The molecule has 1 amide bonds. The first-order valence-corrected chi connectivity index (χ1v) is 10.2. The fourth-order valence-corrected chi connectivity index (χ4v) is 4.16. The Morgan fingerprint density at radius 1 is 1.16 bits per heavy atom. The summed E-state index contributed by atoms with van der Waals surface area (Å²) in [5.41, 5.74) is -2.26. The van der Waals surface area contributed by atoms with Crippen LogP contribution in [0.1, 0.15) is 18.4 Å². The lowest BCUT2D eigenvalue weighted by Crippen LogP contribution is -2.58. The van der Waals surface area contributed by atoms with Gasteiger partial charge in [0.1, 0.15) is 29.7 Å². The van der Waals surface area contributed by atoms with E-state index >= 15 is 0 Å². The van der Waals surface area contributed by atoms with Crippen LogP contribution in [0.15, 0.2) is 18.2 Å². The summed E-state index contributed by atoms with van der Waals surface area (Å²) in [5.74, 6) is -4.79. The molecule has 2 aliphatic rings. The predicted octanol–water partition coefficient (Wildman–Crippen LogP) is 3.16. The highest BCUT2D eigenvalue weighted by molar-refractivity contribution is 6.30. The molecule has 0 aliphatic carbocycles. The highest BCUT2D eigenvalue weighted by Gasteiger charge is 2.43. The zero-order valence-corrected chi connectivity index (χ0v) is 17.4. The van der Waals surface area contributed by atoms with Gasteiger partial charge in [0, 0.05) is 36.2 Å². The molecule has 2 aromatic carbocycles. The molecule has 0 aromatic heterocycles. The molecule has 1 saturated heterocycles. The van der Waals surface area contributed by atoms with Crippen LogP contribution in [0.2, 0.25) is 5.02 Å². The van der Waals surface area contributed by atoms with E-state index in [2.05, 4.69) is 5.32 Å². The normalized spacial score (nSPS) is 23.0. The van der Waals surface area contributed by atoms with Crippen LogP contribution in [0.3, 0.4) is 0 Å². The molecule has 2 aromatic rings. The van der Waals surface area contributed by atoms with Crippen LogP contribution >= 0.6 is 11.6 Å². The summed E-state index contributed by atoms with van der Waals surface area (Å²) >= 11 is 5.64. The van der Waals surface area contributed by atoms with Crippen molar-refractivity contribution in [3.05, 3.63) is 52.1 Å². The van der Waals surface area contributed by atoms with Crippen molar-refractivity contribution in [1.82, 2.24) is 0 Å². The first-order chi connectivity index (χ1) is 15.1. The topological polar surface area (TPSA) is 82.0 Å². The maximum atomic E-state index is 14.2. The van der Waals surface area contributed by atoms with Gasteiger partial charge < -0.3 is 25.2 Å². The molecular weight excluding hydrogens is 456 g/mol. The summed E-state index contributed by atoms with van der Waals surface area (Å²) in [6.07, 6.45) is -1.43. The molecule has 32 heavy (non-hydrogen) atoms. The van der Waals surface area contributed by atoms with Crippen molar-refractivity contribution in [3.8, 4) is 5.75 Å². The molecular formula is C21H19ClF4N2O4. The maximum Gasteiger partial charge on any atom is 0.224 e. The second-order valence-corrected chi connectivity index (χ2v) is 8.33. The molecule has 172 valence electrons. The Morgan fingerprint density at radius 2 is 1.84 bits per heavy atom. The minimum absolute atomic E-state index is 0.0155. The first kappa shape index (κ1) is 22.6. The van der Waals surface area contributed by atoms with Gasteiger partial charge in [-0.15, -0.1) is 0 Å². The fraction of sp³-hybridized carbons (Fsp3) is 0.381. The summed E-state index contributed by atoms with van der Waals surface area (Å²) < 4.78 is 62.0. The van der Waals surface area contributed by atoms with Gasteiger partial charge in [-0.25, -0.2) is 17.6 Å². The van der Waals surface area contributed by atoms with Crippen LogP contribution in [-0.2, 0) is 11.2 Å². The van der Waals surface area contributed by atoms with Crippen LogP contribution in [0.25, 0.3) is 0 Å². The maximum absolute atomic E-state index is 14.2. The Morgan fingerprint density at radius 3 is 2.50 bits per heavy atom. The SMILES string of the molecule is O=C1CCc2c(OC[C@]3(O)CCN(c4c(F)cc(Cl)cc4F)C[C@H]3O)cc(F)c(F)c2N1. The van der Waals surface area contributed by atoms with E-state index in [1.54, 1.807) is 0 Å². The van der Waals surface area contributed by atoms with Gasteiger partial charge in [-0.1, -0.05) is 11.6 Å². The number of carbonyl (C=O) groups excluding carboxylic acids is 1. The third-order valence-corrected chi connectivity index (χ3v) is 5.97. The number of rotatable bonds is 4. The standard InChI is InChI=1S/C21H19ClF4N2O4/c22-10-5-13(24)20(14(25)6-10)28-4-3-21(31,16(29)8-28)9-32-15-7-12(23)18(26)19-11(15)1-2-17(30)27-19/h5-7,16,29,31H,1-4,8-9H2,(H,27,30)/t16-,21-/m1/s1. The summed E-state index contributed by atoms with van der Waals surface area (Å²) in [7, 11) is 0. The van der Waals surface area contributed by atoms with Crippen LogP contribution in [0, 0.1) is 23.3 Å². The molecule has 4 rings (SSSR count). The van der Waals surface area contributed by atoms with Gasteiger partial charge in [0.05, 0.1) is 5.69 Å². The summed E-state index contributed by atoms with van der Waals surface area (Å²) in [4.78, 5) is 12.8. The van der Waals surface area contributed by atoms with Gasteiger partial charge in [0.25, 0.3) is 0 Å². The summed E-state index contributed by atoms with van der Waals surface area (Å²) in [6, 6.07) is 2.71. The van der Waals surface area contributed by atoms with Gasteiger partial charge >= 0.3 is 0 Å². The number of carbonyl (C=O) groups is 1. The number of amides is 1. The molecule has 3 N–H and O–H groups in total. The second-order valence-electron chi connectivity index (χ2n) is 7.89. The van der Waals surface area contributed by atoms with Crippen LogP contribution in [0.5, 0.6) is 5.75 Å². The second kappa shape index (κ2) is 8.42. The number of nitrogens with one attached hydrogen (secondary N) is 1. The minimum atomic E-state index is -1.81. The number of benzene rings is 2. The third kappa shape index (κ3) is 4.10. The smallest absolute Gasteiger partial charge is 0.224 e. The Hall–Kier alpha value is -2.56. The first-order valence-electron chi connectivity index (χ1n) is 9.82. The minimum Gasteiger partial charge on any atom is -0.490 e. The molecule has 2 atom stereocenters. The highest BCUT2D eigenvalue weighted by Crippen LogP contribution is 2.37. The summed E-state index contributed by atoms with van der Waals surface area (Å²) in [6.45, 7) is -0.807. The van der Waals surface area contributed by atoms with E-state index in [1.807, 2.05) is 0 Å². The average Bonchev–Trinajstić information content (AvgIpc) is 2.72. The number of anilines is 2. The number of halogens is 5. The van der Waals surface area contributed by atoms with E-state index in [1.165, 1.54) is 4.90 Å². The van der Waals surface area contributed by atoms with Crippen molar-refractivity contribution in [2.24, 2.45) is 0 Å². The van der Waals surface area contributed by atoms with Gasteiger partial charge in [0.15, 0.2) is 23.3 Å². The zero-order valence-electron chi connectivity index (χ0n) is 16.6. The molecule has 0 saturated carbocycles. The van der Waals surface area contributed by atoms with E-state index in [4.69, 9.17) is 16.3 Å². The number of aliphatic hydroxyl groups is 2. The number of ether oxygens (including phenoxy) is 1. The van der Waals surface area contributed by atoms with Crippen molar-refractivity contribution < 1.29 is 37.3 Å². The van der Waals surface area contributed by atoms with Crippen LogP contribution < -0.4 is 15.0 Å². The van der Waals surface area contributed by atoms with Crippen molar-refractivity contribution in [2.75, 3.05) is 29.9 Å².